The second-order valence-electron chi connectivity index (χ2n) is 4.06. The van der Waals surface area contributed by atoms with Crippen LogP contribution < -0.4 is 0 Å². The van der Waals surface area contributed by atoms with Crippen molar-refractivity contribution in [1.82, 2.24) is 0 Å². The monoisotopic (exact) mass is 328 g/mol. The fourth-order valence-electron chi connectivity index (χ4n) is 1.68. The van der Waals surface area contributed by atoms with Gasteiger partial charge in [0, 0.05) is 10.0 Å². The molecule has 0 bridgehead atoms. The molecule has 0 aliphatic heterocycles. The standard InChI is InChI=1S/C14H10Cl2O3S/c15-10-3-1-9(2-4-10)8-20(19)13-6-5-11(16)7-12(13)14(17)18/h1-7H,8H2,(H,17,18). The third-order valence-corrected chi connectivity index (χ3v) is 4.56. The van der Waals surface area contributed by atoms with Crippen LogP contribution in [0.4, 0.5) is 0 Å². The van der Waals surface area contributed by atoms with E-state index in [9.17, 15) is 9.00 Å². The number of benzene rings is 2. The smallest absolute Gasteiger partial charge is 0.336 e. The quantitative estimate of drug-likeness (QED) is 0.922. The van der Waals surface area contributed by atoms with E-state index in [2.05, 4.69) is 0 Å². The summed E-state index contributed by atoms with van der Waals surface area (Å²) in [6.07, 6.45) is 0. The first kappa shape index (κ1) is 15.0. The maximum atomic E-state index is 12.3. The summed E-state index contributed by atoms with van der Waals surface area (Å²) in [5.41, 5.74) is 0.781. The number of carboxylic acids is 1. The average molecular weight is 329 g/mol. The minimum Gasteiger partial charge on any atom is -0.478 e. The number of halogens is 2. The number of rotatable bonds is 4. The molecule has 104 valence electrons. The van der Waals surface area contributed by atoms with Gasteiger partial charge in [0.2, 0.25) is 0 Å². The zero-order valence-corrected chi connectivity index (χ0v) is 12.5. The van der Waals surface area contributed by atoms with E-state index in [1.165, 1.54) is 18.2 Å². The maximum Gasteiger partial charge on any atom is 0.336 e. The van der Waals surface area contributed by atoms with Crippen LogP contribution in [0, 0.1) is 0 Å². The lowest BCUT2D eigenvalue weighted by Crippen LogP contribution is -2.06. The number of carbonyl (C=O) groups is 1. The van der Waals surface area contributed by atoms with Gasteiger partial charge < -0.3 is 5.11 Å². The Balaban J connectivity index is 2.29. The largest absolute Gasteiger partial charge is 0.478 e. The molecule has 0 saturated heterocycles. The van der Waals surface area contributed by atoms with E-state index in [0.717, 1.165) is 5.56 Å². The highest BCUT2D eigenvalue weighted by atomic mass is 35.5. The van der Waals surface area contributed by atoms with Crippen molar-refractivity contribution in [3.05, 3.63) is 63.6 Å². The average Bonchev–Trinajstić information content (AvgIpc) is 2.41. The highest BCUT2D eigenvalue weighted by Gasteiger charge is 2.16. The Morgan fingerprint density at radius 2 is 1.65 bits per heavy atom. The van der Waals surface area contributed by atoms with Gasteiger partial charge in [-0.25, -0.2) is 4.79 Å². The van der Waals surface area contributed by atoms with Crippen molar-refractivity contribution in [2.45, 2.75) is 10.6 Å². The molecule has 0 spiro atoms. The molecule has 0 saturated carbocycles. The van der Waals surface area contributed by atoms with Crippen LogP contribution >= 0.6 is 23.2 Å². The summed E-state index contributed by atoms with van der Waals surface area (Å²) in [6, 6.07) is 11.2. The van der Waals surface area contributed by atoms with Gasteiger partial charge in [0.05, 0.1) is 27.0 Å². The predicted molar refractivity (Wildman–Crippen MR) is 80.0 cm³/mol. The van der Waals surface area contributed by atoms with Gasteiger partial charge in [-0.2, -0.15) is 0 Å². The molecule has 0 amide bonds. The minimum atomic E-state index is -1.46. The summed E-state index contributed by atoms with van der Waals surface area (Å²) >= 11 is 11.5. The Morgan fingerprint density at radius 3 is 2.25 bits per heavy atom. The van der Waals surface area contributed by atoms with E-state index in [0.29, 0.717) is 10.0 Å². The first-order valence-corrected chi connectivity index (χ1v) is 7.70. The van der Waals surface area contributed by atoms with Gasteiger partial charge in [0.25, 0.3) is 0 Å². The highest BCUT2D eigenvalue weighted by Crippen LogP contribution is 2.22. The lowest BCUT2D eigenvalue weighted by atomic mass is 10.2. The van der Waals surface area contributed by atoms with Crippen molar-refractivity contribution in [2.24, 2.45) is 0 Å². The first-order valence-electron chi connectivity index (χ1n) is 5.63. The van der Waals surface area contributed by atoms with E-state index in [1.807, 2.05) is 0 Å². The fraction of sp³-hybridized carbons (Fsp3) is 0.0714. The van der Waals surface area contributed by atoms with Crippen molar-refractivity contribution in [3.63, 3.8) is 0 Å². The molecule has 2 rings (SSSR count). The molecule has 0 fully saturated rings. The summed E-state index contributed by atoms with van der Waals surface area (Å²) in [7, 11) is -1.46. The summed E-state index contributed by atoms with van der Waals surface area (Å²) in [4.78, 5) is 11.4. The SMILES string of the molecule is O=C(O)c1cc(Cl)ccc1S(=O)Cc1ccc(Cl)cc1. The van der Waals surface area contributed by atoms with Crippen molar-refractivity contribution < 1.29 is 14.1 Å². The van der Waals surface area contributed by atoms with Crippen LogP contribution in [0.2, 0.25) is 10.0 Å². The lowest BCUT2D eigenvalue weighted by molar-refractivity contribution is 0.0693. The van der Waals surface area contributed by atoms with Gasteiger partial charge in [-0.15, -0.1) is 0 Å². The predicted octanol–water partition coefficient (Wildman–Crippen LogP) is 4.00. The van der Waals surface area contributed by atoms with Crippen molar-refractivity contribution >= 4 is 40.0 Å². The zero-order valence-electron chi connectivity index (χ0n) is 10.2. The van der Waals surface area contributed by atoms with E-state index < -0.39 is 16.8 Å². The summed E-state index contributed by atoms with van der Waals surface area (Å²) in [5.74, 6) is -0.925. The van der Waals surface area contributed by atoms with Gasteiger partial charge in [0.15, 0.2) is 0 Å². The molecule has 0 aliphatic rings. The molecule has 2 aromatic rings. The van der Waals surface area contributed by atoms with Crippen molar-refractivity contribution in [2.75, 3.05) is 0 Å². The van der Waals surface area contributed by atoms with Crippen molar-refractivity contribution in [1.29, 1.82) is 0 Å². The second-order valence-corrected chi connectivity index (χ2v) is 6.35. The minimum absolute atomic E-state index is 0.0372. The van der Waals surface area contributed by atoms with E-state index in [1.54, 1.807) is 24.3 Å². The van der Waals surface area contributed by atoms with Crippen molar-refractivity contribution in [3.8, 4) is 0 Å². The molecular weight excluding hydrogens is 319 g/mol. The Bertz CT molecular complexity index is 669. The summed E-state index contributed by atoms with van der Waals surface area (Å²) < 4.78 is 12.3. The molecule has 0 aromatic heterocycles. The number of carboxylic acid groups (broad SMARTS) is 1. The normalized spacial score (nSPS) is 12.1. The molecule has 0 aliphatic carbocycles. The molecule has 1 atom stereocenters. The highest BCUT2D eigenvalue weighted by molar-refractivity contribution is 7.84. The molecule has 0 heterocycles. The molecule has 2 aromatic carbocycles. The van der Waals surface area contributed by atoms with Gasteiger partial charge >= 0.3 is 5.97 Å². The lowest BCUT2D eigenvalue weighted by Gasteiger charge is -2.07. The Labute approximate surface area is 128 Å². The van der Waals surface area contributed by atoms with Crippen LogP contribution in [0.25, 0.3) is 0 Å². The third kappa shape index (κ3) is 3.60. The van der Waals surface area contributed by atoms with Crippen LogP contribution in [-0.4, -0.2) is 15.3 Å². The van der Waals surface area contributed by atoms with Gasteiger partial charge in [-0.1, -0.05) is 35.3 Å². The van der Waals surface area contributed by atoms with Crippen LogP contribution in [0.1, 0.15) is 15.9 Å². The van der Waals surface area contributed by atoms with Gasteiger partial charge in [-0.05, 0) is 35.9 Å². The Kier molecular flexibility index (Phi) is 4.81. The molecular formula is C14H10Cl2O3S. The number of hydrogen-bond acceptors (Lipinski definition) is 2. The topological polar surface area (TPSA) is 54.4 Å². The van der Waals surface area contributed by atoms with E-state index in [4.69, 9.17) is 28.3 Å². The summed E-state index contributed by atoms with van der Waals surface area (Å²) in [6.45, 7) is 0. The molecule has 1 unspecified atom stereocenters. The number of hydrogen-bond donors (Lipinski definition) is 1. The molecule has 1 N–H and O–H groups in total. The fourth-order valence-corrected chi connectivity index (χ4v) is 3.24. The second kappa shape index (κ2) is 6.39. The van der Waals surface area contributed by atoms with Gasteiger partial charge in [-0.3, -0.25) is 4.21 Å². The van der Waals surface area contributed by atoms with Gasteiger partial charge in [0.1, 0.15) is 0 Å². The maximum absolute atomic E-state index is 12.3. The van der Waals surface area contributed by atoms with Crippen LogP contribution in [0.5, 0.6) is 0 Å². The molecule has 0 radical (unpaired) electrons. The van der Waals surface area contributed by atoms with Crippen LogP contribution in [-0.2, 0) is 16.6 Å². The zero-order chi connectivity index (χ0) is 14.7. The number of aromatic carboxylic acids is 1. The summed E-state index contributed by atoms with van der Waals surface area (Å²) in [5, 5.41) is 10.0. The third-order valence-electron chi connectivity index (χ3n) is 2.63. The Hall–Kier alpha value is -1.36. The van der Waals surface area contributed by atoms with Crippen LogP contribution in [0.15, 0.2) is 47.4 Å². The molecule has 3 nitrogen and oxygen atoms in total. The van der Waals surface area contributed by atoms with E-state index in [-0.39, 0.29) is 16.2 Å². The Morgan fingerprint density at radius 1 is 1.05 bits per heavy atom. The van der Waals surface area contributed by atoms with E-state index >= 15 is 0 Å². The molecule has 20 heavy (non-hydrogen) atoms. The van der Waals surface area contributed by atoms with Crippen LogP contribution in [0.3, 0.4) is 0 Å². The first-order chi connectivity index (χ1) is 9.47. The molecule has 6 heteroatoms.